The Balaban J connectivity index is 1.44. The van der Waals surface area contributed by atoms with Crippen LogP contribution in [-0.4, -0.2) is 29.3 Å². The molecule has 0 aromatic heterocycles. The zero-order chi connectivity index (χ0) is 19.7. The molecule has 2 aromatic rings. The molecule has 7 nitrogen and oxygen atoms in total. The summed E-state index contributed by atoms with van der Waals surface area (Å²) >= 11 is 0. The number of fused-ring (bicyclic) bond motifs is 2. The van der Waals surface area contributed by atoms with Crippen LogP contribution in [0.25, 0.3) is 0 Å². The minimum Gasteiger partial charge on any atom is -0.350 e. The number of hydrogen-bond donors (Lipinski definition) is 2. The number of rotatable bonds is 4. The van der Waals surface area contributed by atoms with E-state index in [0.29, 0.717) is 18.4 Å². The first-order chi connectivity index (χ1) is 13.5. The lowest BCUT2D eigenvalue weighted by Crippen LogP contribution is -2.43. The molecule has 28 heavy (non-hydrogen) atoms. The molecule has 1 saturated heterocycles. The van der Waals surface area contributed by atoms with Crippen molar-refractivity contribution >= 4 is 17.8 Å². The van der Waals surface area contributed by atoms with Crippen molar-refractivity contribution < 1.29 is 14.4 Å². The van der Waals surface area contributed by atoms with Crippen molar-refractivity contribution in [3.63, 3.8) is 0 Å². The Morgan fingerprint density at radius 2 is 2.04 bits per heavy atom. The molecule has 1 spiro atoms. The van der Waals surface area contributed by atoms with E-state index in [2.05, 4.69) is 10.6 Å². The van der Waals surface area contributed by atoms with Crippen LogP contribution in [0.3, 0.4) is 0 Å². The van der Waals surface area contributed by atoms with E-state index in [1.54, 1.807) is 24.3 Å². The third-order valence-corrected chi connectivity index (χ3v) is 5.27. The summed E-state index contributed by atoms with van der Waals surface area (Å²) in [6.45, 7) is -0.126. The van der Waals surface area contributed by atoms with Crippen molar-refractivity contribution in [2.45, 2.75) is 24.9 Å². The molecule has 4 amide bonds. The van der Waals surface area contributed by atoms with E-state index in [1.807, 2.05) is 30.3 Å². The average Bonchev–Trinajstić information content (AvgIpc) is 3.20. The lowest BCUT2D eigenvalue weighted by Gasteiger charge is -2.22. The topological polar surface area (TPSA) is 102 Å². The molecule has 1 fully saturated rings. The van der Waals surface area contributed by atoms with Crippen molar-refractivity contribution in [3.8, 4) is 6.07 Å². The zero-order valence-corrected chi connectivity index (χ0v) is 15.1. The van der Waals surface area contributed by atoms with Crippen molar-refractivity contribution in [2.24, 2.45) is 0 Å². The van der Waals surface area contributed by atoms with Gasteiger partial charge in [0.2, 0.25) is 5.91 Å². The number of nitriles is 1. The fourth-order valence-corrected chi connectivity index (χ4v) is 3.88. The molecule has 1 heterocycles. The number of nitrogens with one attached hydrogen (secondary N) is 2. The molecule has 1 unspecified atom stereocenters. The van der Waals surface area contributed by atoms with Gasteiger partial charge in [-0.3, -0.25) is 14.5 Å². The van der Waals surface area contributed by atoms with Gasteiger partial charge in [0.25, 0.3) is 5.91 Å². The van der Waals surface area contributed by atoms with Crippen LogP contribution in [0.4, 0.5) is 4.79 Å². The highest BCUT2D eigenvalue weighted by molar-refractivity contribution is 6.09. The molecule has 0 saturated carbocycles. The Hall–Kier alpha value is -3.66. The van der Waals surface area contributed by atoms with E-state index >= 15 is 0 Å². The predicted octanol–water partition coefficient (Wildman–Crippen LogP) is 1.57. The molecule has 0 radical (unpaired) electrons. The van der Waals surface area contributed by atoms with Crippen molar-refractivity contribution in [1.29, 1.82) is 5.26 Å². The van der Waals surface area contributed by atoms with Crippen LogP contribution in [0.5, 0.6) is 0 Å². The molecule has 140 valence electrons. The number of carbonyl (C=O) groups excluding carboxylic acids is 3. The maximum atomic E-state index is 13.0. The van der Waals surface area contributed by atoms with Gasteiger partial charge in [0.15, 0.2) is 0 Å². The quantitative estimate of drug-likeness (QED) is 0.793. The molecule has 7 heteroatoms. The highest BCUT2D eigenvalue weighted by Gasteiger charge is 2.55. The summed E-state index contributed by atoms with van der Waals surface area (Å²) in [4.78, 5) is 38.7. The van der Waals surface area contributed by atoms with Gasteiger partial charge < -0.3 is 10.6 Å². The Bertz CT molecular complexity index is 1030. The lowest BCUT2D eigenvalue weighted by molar-refractivity contribution is -0.135. The smallest absolute Gasteiger partial charge is 0.325 e. The van der Waals surface area contributed by atoms with Crippen LogP contribution < -0.4 is 10.6 Å². The second-order valence-corrected chi connectivity index (χ2v) is 6.97. The summed E-state index contributed by atoms with van der Waals surface area (Å²) in [5.41, 5.74) is 2.06. The number of aryl methyl sites for hydroxylation is 1. The van der Waals surface area contributed by atoms with E-state index in [1.165, 1.54) is 0 Å². The highest BCUT2D eigenvalue weighted by atomic mass is 16.2. The standard InChI is InChI=1S/C21H18N4O3/c22-11-14-4-3-5-15(10-14)12-23-18(26)13-25-19(27)21(24-20(25)28)9-8-16-6-1-2-7-17(16)21/h1-7,10H,8-9,12-13H2,(H,23,26)(H,24,28). The number of nitrogens with zero attached hydrogens (tertiary/aromatic N) is 2. The molecular weight excluding hydrogens is 356 g/mol. The van der Waals surface area contributed by atoms with E-state index < -0.39 is 17.5 Å². The minimum absolute atomic E-state index is 0.214. The van der Waals surface area contributed by atoms with Crippen molar-refractivity contribution in [3.05, 3.63) is 70.8 Å². The van der Waals surface area contributed by atoms with Crippen LogP contribution in [0.15, 0.2) is 48.5 Å². The summed E-state index contributed by atoms with van der Waals surface area (Å²) in [5.74, 6) is -0.821. The third-order valence-electron chi connectivity index (χ3n) is 5.27. The molecular formula is C21H18N4O3. The van der Waals surface area contributed by atoms with Crippen LogP contribution in [0.2, 0.25) is 0 Å². The molecule has 4 rings (SSSR count). The van der Waals surface area contributed by atoms with Crippen LogP contribution in [-0.2, 0) is 28.1 Å². The van der Waals surface area contributed by atoms with Crippen LogP contribution in [0, 0.1) is 11.3 Å². The molecule has 1 aliphatic carbocycles. The van der Waals surface area contributed by atoms with Gasteiger partial charge in [-0.1, -0.05) is 36.4 Å². The number of imide groups is 1. The van der Waals surface area contributed by atoms with Gasteiger partial charge in [-0.25, -0.2) is 4.79 Å². The van der Waals surface area contributed by atoms with Gasteiger partial charge >= 0.3 is 6.03 Å². The first-order valence-corrected chi connectivity index (χ1v) is 9.02. The minimum atomic E-state index is -1.06. The zero-order valence-electron chi connectivity index (χ0n) is 15.1. The Labute approximate surface area is 161 Å². The second-order valence-electron chi connectivity index (χ2n) is 6.97. The number of benzene rings is 2. The Morgan fingerprint density at radius 1 is 1.21 bits per heavy atom. The first kappa shape index (κ1) is 17.7. The second kappa shape index (κ2) is 6.82. The number of urea groups is 1. The normalized spacial score (nSPS) is 20.0. The monoisotopic (exact) mass is 374 g/mol. The number of amides is 4. The molecule has 1 atom stereocenters. The molecule has 2 N–H and O–H groups in total. The average molecular weight is 374 g/mol. The first-order valence-electron chi connectivity index (χ1n) is 9.02. The van der Waals surface area contributed by atoms with Gasteiger partial charge in [-0.15, -0.1) is 0 Å². The Morgan fingerprint density at radius 3 is 2.86 bits per heavy atom. The number of carbonyl (C=O) groups is 3. The van der Waals surface area contributed by atoms with E-state index in [4.69, 9.17) is 5.26 Å². The summed E-state index contributed by atoms with van der Waals surface area (Å²) in [5, 5.41) is 14.4. The van der Waals surface area contributed by atoms with Crippen molar-refractivity contribution in [2.75, 3.05) is 6.54 Å². The van der Waals surface area contributed by atoms with Gasteiger partial charge in [0.1, 0.15) is 12.1 Å². The van der Waals surface area contributed by atoms with Gasteiger partial charge in [-0.05, 0) is 41.7 Å². The maximum absolute atomic E-state index is 13.0. The summed E-state index contributed by atoms with van der Waals surface area (Å²) in [7, 11) is 0. The summed E-state index contributed by atoms with van der Waals surface area (Å²) in [6.07, 6.45) is 1.20. The van der Waals surface area contributed by atoms with Crippen LogP contribution >= 0.6 is 0 Å². The fraction of sp³-hybridized carbons (Fsp3) is 0.238. The van der Waals surface area contributed by atoms with Gasteiger partial charge in [0.05, 0.1) is 11.6 Å². The van der Waals surface area contributed by atoms with Crippen LogP contribution in [0.1, 0.15) is 28.7 Å². The molecule has 2 aromatic carbocycles. The SMILES string of the molecule is N#Cc1cccc(CNC(=O)CN2C(=O)NC3(CCc4ccccc43)C2=O)c1. The van der Waals surface area contributed by atoms with Gasteiger partial charge in [0, 0.05) is 6.54 Å². The lowest BCUT2D eigenvalue weighted by atomic mass is 9.92. The maximum Gasteiger partial charge on any atom is 0.325 e. The van der Waals surface area contributed by atoms with Gasteiger partial charge in [-0.2, -0.15) is 5.26 Å². The third kappa shape index (κ3) is 2.89. The largest absolute Gasteiger partial charge is 0.350 e. The fourth-order valence-electron chi connectivity index (χ4n) is 3.88. The van der Waals surface area contributed by atoms with Crippen molar-refractivity contribution in [1.82, 2.24) is 15.5 Å². The molecule has 1 aliphatic heterocycles. The predicted molar refractivity (Wildman–Crippen MR) is 99.7 cm³/mol. The molecule has 0 bridgehead atoms. The van der Waals surface area contributed by atoms with E-state index in [9.17, 15) is 14.4 Å². The van der Waals surface area contributed by atoms with E-state index in [-0.39, 0.29) is 19.0 Å². The highest BCUT2D eigenvalue weighted by Crippen LogP contribution is 2.41. The molecule has 2 aliphatic rings. The number of hydrogen-bond acceptors (Lipinski definition) is 4. The summed E-state index contributed by atoms with van der Waals surface area (Å²) in [6, 6.07) is 15.9. The van der Waals surface area contributed by atoms with E-state index in [0.717, 1.165) is 21.6 Å². The summed E-state index contributed by atoms with van der Waals surface area (Å²) < 4.78 is 0. The Kier molecular flexibility index (Phi) is 4.32.